The van der Waals surface area contributed by atoms with Gasteiger partial charge in [0.15, 0.2) is 0 Å². The number of carboxylic acid groups (broad SMARTS) is 1. The summed E-state index contributed by atoms with van der Waals surface area (Å²) in [6, 6.07) is 0. The Hall–Kier alpha value is -1.32. The molecular weight excluding hydrogens is 182 g/mol. The summed E-state index contributed by atoms with van der Waals surface area (Å²) in [5.41, 5.74) is 0. The van der Waals surface area contributed by atoms with E-state index in [4.69, 9.17) is 5.11 Å². The Labute approximate surface area is 82.0 Å². The van der Waals surface area contributed by atoms with Crippen LogP contribution in [0, 0.1) is 23.7 Å². The molecular formula is C10H13NO3. The molecule has 2 rings (SSSR count). The van der Waals surface area contributed by atoms with Gasteiger partial charge in [0.1, 0.15) is 0 Å². The first-order valence-corrected chi connectivity index (χ1v) is 4.78. The van der Waals surface area contributed by atoms with Crippen molar-refractivity contribution in [2.45, 2.75) is 6.42 Å². The maximum atomic E-state index is 11.5. The van der Waals surface area contributed by atoms with Gasteiger partial charge in [0.25, 0.3) is 0 Å². The first-order chi connectivity index (χ1) is 6.65. The van der Waals surface area contributed by atoms with E-state index in [-0.39, 0.29) is 23.7 Å². The second-order valence-corrected chi connectivity index (χ2v) is 3.95. The number of carbonyl (C=O) groups is 2. The molecule has 2 N–H and O–H groups in total. The summed E-state index contributed by atoms with van der Waals surface area (Å²) in [6.07, 6.45) is 4.72. The summed E-state index contributed by atoms with van der Waals surface area (Å²) in [6.45, 7) is 0. The van der Waals surface area contributed by atoms with Crippen LogP contribution in [0.15, 0.2) is 12.2 Å². The third kappa shape index (κ3) is 1.14. The number of aliphatic carboxylic acids is 1. The maximum Gasteiger partial charge on any atom is 0.307 e. The molecule has 0 spiro atoms. The van der Waals surface area contributed by atoms with Gasteiger partial charge in [-0.15, -0.1) is 0 Å². The minimum Gasteiger partial charge on any atom is -0.481 e. The number of rotatable bonds is 2. The molecule has 1 fully saturated rings. The highest BCUT2D eigenvalue weighted by Crippen LogP contribution is 2.48. The molecule has 4 atom stereocenters. The van der Waals surface area contributed by atoms with Crippen LogP contribution in [-0.2, 0) is 9.59 Å². The first kappa shape index (κ1) is 9.24. The highest BCUT2D eigenvalue weighted by atomic mass is 16.4. The normalized spacial score (nSPS) is 38.6. The van der Waals surface area contributed by atoms with Crippen LogP contribution in [0.4, 0.5) is 0 Å². The van der Waals surface area contributed by atoms with E-state index in [1.54, 1.807) is 7.05 Å². The minimum atomic E-state index is -0.851. The number of hydrogen-bond acceptors (Lipinski definition) is 2. The highest BCUT2D eigenvalue weighted by molar-refractivity contribution is 5.86. The van der Waals surface area contributed by atoms with Gasteiger partial charge in [-0.2, -0.15) is 0 Å². The predicted octanol–water partition coefficient (Wildman–Crippen LogP) is 0.255. The molecule has 0 aromatic heterocycles. The standard InChI is InChI=1S/C10H13NO3/c1-11-9(12)7-5-2-3-6(4-5)8(7)10(13)14/h2-3,5-8H,4H2,1H3,(H,11,12)(H,13,14)/t5-,6-,7-,8+/m0/s1. The molecule has 0 aromatic carbocycles. The summed E-state index contributed by atoms with van der Waals surface area (Å²) in [4.78, 5) is 22.5. The van der Waals surface area contributed by atoms with E-state index in [2.05, 4.69) is 5.32 Å². The number of fused-ring (bicyclic) bond motifs is 2. The largest absolute Gasteiger partial charge is 0.481 e. The molecule has 1 amide bonds. The van der Waals surface area contributed by atoms with Gasteiger partial charge in [0, 0.05) is 7.05 Å². The number of allylic oxidation sites excluding steroid dienone is 2. The number of hydrogen-bond donors (Lipinski definition) is 2. The van der Waals surface area contributed by atoms with Crippen molar-refractivity contribution in [2.75, 3.05) is 7.05 Å². The van der Waals surface area contributed by atoms with Gasteiger partial charge in [-0.25, -0.2) is 0 Å². The average Bonchev–Trinajstić information content (AvgIpc) is 2.74. The van der Waals surface area contributed by atoms with E-state index < -0.39 is 11.9 Å². The molecule has 4 nitrogen and oxygen atoms in total. The second kappa shape index (κ2) is 3.12. The number of amides is 1. The van der Waals surface area contributed by atoms with Gasteiger partial charge in [-0.1, -0.05) is 12.2 Å². The Kier molecular flexibility index (Phi) is 2.06. The summed E-state index contributed by atoms with van der Waals surface area (Å²) < 4.78 is 0. The molecule has 0 unspecified atom stereocenters. The summed E-state index contributed by atoms with van der Waals surface area (Å²) in [5.74, 6) is -1.71. The molecule has 0 aromatic rings. The quantitative estimate of drug-likeness (QED) is 0.621. The van der Waals surface area contributed by atoms with E-state index in [9.17, 15) is 9.59 Å². The summed E-state index contributed by atoms with van der Waals surface area (Å²) in [5, 5.41) is 11.6. The van der Waals surface area contributed by atoms with E-state index in [0.717, 1.165) is 6.42 Å². The van der Waals surface area contributed by atoms with Crippen LogP contribution in [0.25, 0.3) is 0 Å². The predicted molar refractivity (Wildman–Crippen MR) is 49.4 cm³/mol. The fourth-order valence-electron chi connectivity index (χ4n) is 2.68. The third-order valence-corrected chi connectivity index (χ3v) is 3.29. The lowest BCUT2D eigenvalue weighted by Crippen LogP contribution is -2.38. The molecule has 0 saturated heterocycles. The Bertz CT molecular complexity index is 310. The van der Waals surface area contributed by atoms with Crippen LogP contribution < -0.4 is 5.32 Å². The van der Waals surface area contributed by atoms with Crippen molar-refractivity contribution >= 4 is 11.9 Å². The monoisotopic (exact) mass is 195 g/mol. The Balaban J connectivity index is 2.26. The van der Waals surface area contributed by atoms with Crippen LogP contribution in [0.5, 0.6) is 0 Å². The summed E-state index contributed by atoms with van der Waals surface area (Å²) >= 11 is 0. The van der Waals surface area contributed by atoms with Crippen molar-refractivity contribution in [3.63, 3.8) is 0 Å². The zero-order valence-corrected chi connectivity index (χ0v) is 7.93. The maximum absolute atomic E-state index is 11.5. The molecule has 0 radical (unpaired) electrons. The third-order valence-electron chi connectivity index (χ3n) is 3.29. The van der Waals surface area contributed by atoms with E-state index >= 15 is 0 Å². The minimum absolute atomic E-state index is 0.0554. The van der Waals surface area contributed by atoms with E-state index in [1.807, 2.05) is 12.2 Å². The fraction of sp³-hybridized carbons (Fsp3) is 0.600. The van der Waals surface area contributed by atoms with Crippen LogP contribution in [0.1, 0.15) is 6.42 Å². The van der Waals surface area contributed by atoms with Crippen molar-refractivity contribution in [1.29, 1.82) is 0 Å². The molecule has 0 aliphatic heterocycles. The molecule has 4 heteroatoms. The Morgan fingerprint density at radius 2 is 1.86 bits per heavy atom. The van der Waals surface area contributed by atoms with E-state index in [0.29, 0.717) is 0 Å². The number of carboxylic acids is 1. The molecule has 2 aliphatic rings. The van der Waals surface area contributed by atoms with Gasteiger partial charge < -0.3 is 10.4 Å². The molecule has 14 heavy (non-hydrogen) atoms. The number of nitrogens with one attached hydrogen (secondary N) is 1. The van der Waals surface area contributed by atoms with Crippen molar-refractivity contribution in [2.24, 2.45) is 23.7 Å². The molecule has 76 valence electrons. The van der Waals surface area contributed by atoms with Crippen LogP contribution in [0.2, 0.25) is 0 Å². The highest BCUT2D eigenvalue weighted by Gasteiger charge is 2.51. The smallest absolute Gasteiger partial charge is 0.307 e. The van der Waals surface area contributed by atoms with Gasteiger partial charge in [0.05, 0.1) is 11.8 Å². The lowest BCUT2D eigenvalue weighted by Gasteiger charge is -2.22. The Morgan fingerprint density at radius 3 is 2.36 bits per heavy atom. The van der Waals surface area contributed by atoms with Crippen LogP contribution in [0.3, 0.4) is 0 Å². The van der Waals surface area contributed by atoms with Crippen LogP contribution >= 0.6 is 0 Å². The molecule has 2 aliphatic carbocycles. The topological polar surface area (TPSA) is 66.4 Å². The van der Waals surface area contributed by atoms with Crippen molar-refractivity contribution in [3.05, 3.63) is 12.2 Å². The second-order valence-electron chi connectivity index (χ2n) is 3.95. The molecule has 1 saturated carbocycles. The zero-order valence-electron chi connectivity index (χ0n) is 7.93. The van der Waals surface area contributed by atoms with Crippen molar-refractivity contribution < 1.29 is 14.7 Å². The van der Waals surface area contributed by atoms with Crippen molar-refractivity contribution in [1.82, 2.24) is 5.32 Å². The van der Waals surface area contributed by atoms with Gasteiger partial charge >= 0.3 is 5.97 Å². The number of carbonyl (C=O) groups excluding carboxylic acids is 1. The first-order valence-electron chi connectivity index (χ1n) is 4.78. The zero-order chi connectivity index (χ0) is 10.3. The van der Waals surface area contributed by atoms with Gasteiger partial charge in [0.2, 0.25) is 5.91 Å². The SMILES string of the molecule is CNC(=O)[C@@H]1[C@H](C(=O)O)[C@H]2C=C[C@H]1C2. The van der Waals surface area contributed by atoms with E-state index in [1.165, 1.54) is 0 Å². The van der Waals surface area contributed by atoms with Crippen molar-refractivity contribution in [3.8, 4) is 0 Å². The lowest BCUT2D eigenvalue weighted by molar-refractivity contribution is -0.147. The average molecular weight is 195 g/mol. The Morgan fingerprint density at radius 1 is 1.29 bits per heavy atom. The van der Waals surface area contributed by atoms with Gasteiger partial charge in [-0.05, 0) is 18.3 Å². The lowest BCUT2D eigenvalue weighted by atomic mass is 9.82. The summed E-state index contributed by atoms with van der Waals surface area (Å²) in [7, 11) is 1.55. The molecule has 0 heterocycles. The molecule has 2 bridgehead atoms. The fourth-order valence-corrected chi connectivity index (χ4v) is 2.68. The van der Waals surface area contributed by atoms with Gasteiger partial charge in [-0.3, -0.25) is 9.59 Å². The van der Waals surface area contributed by atoms with Crippen LogP contribution in [-0.4, -0.2) is 24.0 Å².